The molecule has 2 aromatic carbocycles. The van der Waals surface area contributed by atoms with Crippen LogP contribution in [0.2, 0.25) is 0 Å². The second-order valence-electron chi connectivity index (χ2n) is 6.37. The highest BCUT2D eigenvalue weighted by Gasteiger charge is 2.33. The molecule has 0 aliphatic rings. The largest absolute Gasteiger partial charge is 0.332 e. The van der Waals surface area contributed by atoms with Crippen LogP contribution in [0.5, 0.6) is 0 Å². The molecule has 6 nitrogen and oxygen atoms in total. The van der Waals surface area contributed by atoms with Crippen LogP contribution in [0, 0.1) is 6.92 Å². The van der Waals surface area contributed by atoms with Gasteiger partial charge in [0, 0.05) is 10.6 Å². The van der Waals surface area contributed by atoms with Gasteiger partial charge in [0.05, 0.1) is 12.3 Å². The lowest BCUT2D eigenvalue weighted by Gasteiger charge is -2.27. The number of aromatic nitrogens is 1. The normalized spacial score (nSPS) is 12.4. The molecule has 28 heavy (non-hydrogen) atoms. The van der Waals surface area contributed by atoms with Crippen molar-refractivity contribution in [3.63, 3.8) is 0 Å². The van der Waals surface area contributed by atoms with Crippen LogP contribution in [0.3, 0.4) is 0 Å². The topological polar surface area (TPSA) is 79.4 Å². The molecular formula is C20H21N3O3S2. The van der Waals surface area contributed by atoms with E-state index in [2.05, 4.69) is 10.3 Å². The standard InChI is InChI=1S/C20H21N3O3S2/c1-14(16-10-6-4-7-11-16)23(28(3,25)26)19(24)18-15(2)27-20(22-18)21-17-12-8-5-9-13-17/h4-14H,1-3H3,(H,21,22). The lowest BCUT2D eigenvalue weighted by molar-refractivity contribution is 0.0823. The van der Waals surface area contributed by atoms with Gasteiger partial charge in [0.1, 0.15) is 5.69 Å². The molecule has 3 aromatic rings. The number of hydrogen-bond donors (Lipinski definition) is 1. The molecule has 1 atom stereocenters. The predicted molar refractivity (Wildman–Crippen MR) is 112 cm³/mol. The number of carbonyl (C=O) groups is 1. The maximum Gasteiger partial charge on any atom is 0.287 e. The van der Waals surface area contributed by atoms with Gasteiger partial charge < -0.3 is 5.32 Å². The summed E-state index contributed by atoms with van der Waals surface area (Å²) in [5, 5.41) is 3.68. The number of nitrogens with zero attached hydrogens (tertiary/aromatic N) is 2. The Balaban J connectivity index is 1.93. The Bertz CT molecular complexity index is 1060. The molecule has 1 heterocycles. The Morgan fingerprint density at radius 1 is 1.07 bits per heavy atom. The zero-order valence-corrected chi connectivity index (χ0v) is 17.4. The minimum Gasteiger partial charge on any atom is -0.332 e. The first-order chi connectivity index (χ1) is 13.3. The number of benzene rings is 2. The van der Waals surface area contributed by atoms with Crippen molar-refractivity contribution in [1.82, 2.24) is 9.29 Å². The Morgan fingerprint density at radius 3 is 2.21 bits per heavy atom. The average molecular weight is 416 g/mol. The predicted octanol–water partition coefficient (Wildman–Crippen LogP) is 4.36. The summed E-state index contributed by atoms with van der Waals surface area (Å²) >= 11 is 1.31. The maximum absolute atomic E-state index is 13.2. The molecule has 0 spiro atoms. The molecule has 0 fully saturated rings. The molecule has 0 bridgehead atoms. The second kappa shape index (κ2) is 8.12. The quantitative estimate of drug-likeness (QED) is 0.647. The van der Waals surface area contributed by atoms with Crippen LogP contribution >= 0.6 is 11.3 Å². The van der Waals surface area contributed by atoms with Crippen LogP contribution in [0.4, 0.5) is 10.8 Å². The van der Waals surface area contributed by atoms with E-state index in [9.17, 15) is 13.2 Å². The molecule has 0 saturated carbocycles. The van der Waals surface area contributed by atoms with E-state index in [-0.39, 0.29) is 5.69 Å². The zero-order valence-electron chi connectivity index (χ0n) is 15.8. The molecule has 0 radical (unpaired) electrons. The van der Waals surface area contributed by atoms with Gasteiger partial charge in [0.15, 0.2) is 5.13 Å². The highest BCUT2D eigenvalue weighted by molar-refractivity contribution is 7.88. The first-order valence-electron chi connectivity index (χ1n) is 8.65. The number of amides is 1. The van der Waals surface area contributed by atoms with Gasteiger partial charge in [0.2, 0.25) is 10.0 Å². The van der Waals surface area contributed by atoms with E-state index >= 15 is 0 Å². The van der Waals surface area contributed by atoms with Crippen LogP contribution < -0.4 is 5.32 Å². The first kappa shape index (κ1) is 20.0. The number of nitrogens with one attached hydrogen (secondary N) is 1. The summed E-state index contributed by atoms with van der Waals surface area (Å²) in [6, 6.07) is 17.9. The summed E-state index contributed by atoms with van der Waals surface area (Å²) in [6.45, 7) is 3.45. The van der Waals surface area contributed by atoms with Crippen molar-refractivity contribution in [2.75, 3.05) is 11.6 Å². The number of thiazole rings is 1. The van der Waals surface area contributed by atoms with Crippen LogP contribution in [0.1, 0.15) is 33.9 Å². The summed E-state index contributed by atoms with van der Waals surface area (Å²) in [5.74, 6) is -0.631. The van der Waals surface area contributed by atoms with Crippen molar-refractivity contribution < 1.29 is 13.2 Å². The van der Waals surface area contributed by atoms with Crippen molar-refractivity contribution in [1.29, 1.82) is 0 Å². The smallest absolute Gasteiger partial charge is 0.287 e. The fraction of sp³-hybridized carbons (Fsp3) is 0.200. The van der Waals surface area contributed by atoms with Crippen LogP contribution in [0.15, 0.2) is 60.7 Å². The lowest BCUT2D eigenvalue weighted by Crippen LogP contribution is -2.38. The Morgan fingerprint density at radius 2 is 1.64 bits per heavy atom. The third-order valence-corrected chi connectivity index (χ3v) is 6.30. The van der Waals surface area contributed by atoms with Gasteiger partial charge in [-0.15, -0.1) is 11.3 Å². The second-order valence-corrected chi connectivity index (χ2v) is 9.43. The zero-order chi connectivity index (χ0) is 20.3. The third kappa shape index (κ3) is 4.40. The highest BCUT2D eigenvalue weighted by Crippen LogP contribution is 2.30. The number of carbonyl (C=O) groups excluding carboxylic acids is 1. The van der Waals surface area contributed by atoms with Gasteiger partial charge in [-0.2, -0.15) is 0 Å². The van der Waals surface area contributed by atoms with Gasteiger partial charge in [-0.05, 0) is 31.5 Å². The van der Waals surface area contributed by atoms with Crippen molar-refractivity contribution in [2.24, 2.45) is 0 Å². The Labute approximate surface area is 168 Å². The van der Waals surface area contributed by atoms with E-state index in [1.165, 1.54) is 11.3 Å². The van der Waals surface area contributed by atoms with E-state index in [1.54, 1.807) is 26.0 Å². The molecular weight excluding hydrogens is 394 g/mol. The van der Waals surface area contributed by atoms with E-state index in [0.29, 0.717) is 10.0 Å². The van der Waals surface area contributed by atoms with Crippen LogP contribution in [-0.2, 0) is 10.0 Å². The molecule has 8 heteroatoms. The Hall–Kier alpha value is -2.71. The molecule has 3 rings (SSSR count). The summed E-state index contributed by atoms with van der Waals surface area (Å²) < 4.78 is 25.8. The SMILES string of the molecule is Cc1sc(Nc2ccccc2)nc1C(=O)N(C(C)c1ccccc1)S(C)(=O)=O. The Kier molecular flexibility index (Phi) is 5.81. The number of hydrogen-bond acceptors (Lipinski definition) is 6. The molecule has 1 N–H and O–H groups in total. The van der Waals surface area contributed by atoms with Crippen molar-refractivity contribution in [3.05, 3.63) is 76.8 Å². The monoisotopic (exact) mass is 415 g/mol. The molecule has 1 amide bonds. The highest BCUT2D eigenvalue weighted by atomic mass is 32.2. The van der Waals surface area contributed by atoms with Crippen LogP contribution in [0.25, 0.3) is 0 Å². The van der Waals surface area contributed by atoms with Crippen LogP contribution in [-0.4, -0.2) is 29.9 Å². The fourth-order valence-corrected chi connectivity index (χ4v) is 4.79. The number of aryl methyl sites for hydroxylation is 1. The van der Waals surface area contributed by atoms with Crippen molar-refractivity contribution in [3.8, 4) is 0 Å². The average Bonchev–Trinajstić information content (AvgIpc) is 3.02. The lowest BCUT2D eigenvalue weighted by atomic mass is 10.1. The van der Waals surface area contributed by atoms with Crippen molar-refractivity contribution in [2.45, 2.75) is 19.9 Å². The molecule has 0 saturated heterocycles. The fourth-order valence-electron chi connectivity index (χ4n) is 2.88. The summed E-state index contributed by atoms with van der Waals surface area (Å²) in [7, 11) is -3.80. The van der Waals surface area contributed by atoms with Gasteiger partial charge >= 0.3 is 0 Å². The number of rotatable bonds is 6. The summed E-state index contributed by atoms with van der Waals surface area (Å²) in [4.78, 5) is 18.2. The minimum absolute atomic E-state index is 0.136. The minimum atomic E-state index is -3.80. The molecule has 1 unspecified atom stereocenters. The molecule has 0 aliphatic carbocycles. The molecule has 0 aliphatic heterocycles. The van der Waals surface area contributed by atoms with Gasteiger partial charge in [-0.1, -0.05) is 48.5 Å². The van der Waals surface area contributed by atoms with Crippen molar-refractivity contribution >= 4 is 38.1 Å². The first-order valence-corrected chi connectivity index (χ1v) is 11.3. The summed E-state index contributed by atoms with van der Waals surface area (Å²) in [6.07, 6.45) is 1.04. The van der Waals surface area contributed by atoms with E-state index in [4.69, 9.17) is 0 Å². The number of sulfonamides is 1. The molecule has 146 valence electrons. The summed E-state index contributed by atoms with van der Waals surface area (Å²) in [5.41, 5.74) is 1.71. The number of anilines is 2. The molecule has 1 aromatic heterocycles. The van der Waals surface area contributed by atoms with Gasteiger partial charge in [-0.25, -0.2) is 17.7 Å². The van der Waals surface area contributed by atoms with E-state index in [0.717, 1.165) is 21.8 Å². The van der Waals surface area contributed by atoms with E-state index < -0.39 is 22.0 Å². The number of para-hydroxylation sites is 1. The van der Waals surface area contributed by atoms with Gasteiger partial charge in [-0.3, -0.25) is 4.79 Å². The van der Waals surface area contributed by atoms with E-state index in [1.807, 2.05) is 48.5 Å². The maximum atomic E-state index is 13.2. The third-order valence-electron chi connectivity index (χ3n) is 4.22. The van der Waals surface area contributed by atoms with Gasteiger partial charge in [0.25, 0.3) is 5.91 Å².